The minimum absolute atomic E-state index is 0.0758. The van der Waals surface area contributed by atoms with Gasteiger partial charge in [-0.15, -0.1) is 0 Å². The molecular weight excluding hydrogens is 236 g/mol. The number of fused-ring (bicyclic) bond motifs is 1. The number of rotatable bonds is 3. The van der Waals surface area contributed by atoms with Gasteiger partial charge in [-0.2, -0.15) is 0 Å². The zero-order valence-corrected chi connectivity index (χ0v) is 11.3. The van der Waals surface area contributed by atoms with E-state index in [0.29, 0.717) is 0 Å². The van der Waals surface area contributed by atoms with Gasteiger partial charge < -0.3 is 15.4 Å². The first-order valence-electron chi connectivity index (χ1n) is 7.21. The lowest BCUT2D eigenvalue weighted by Crippen LogP contribution is -2.47. The molecule has 0 aromatic heterocycles. The van der Waals surface area contributed by atoms with Gasteiger partial charge in [0.15, 0.2) is 0 Å². The smallest absolute Gasteiger partial charge is 0.130 e. The van der Waals surface area contributed by atoms with E-state index in [4.69, 9.17) is 10.5 Å². The number of benzene rings is 1. The molecule has 1 saturated heterocycles. The molecule has 0 radical (unpaired) electrons. The molecule has 3 nitrogen and oxygen atoms in total. The van der Waals surface area contributed by atoms with Crippen LogP contribution in [0.3, 0.4) is 0 Å². The molecule has 2 aliphatic heterocycles. The second-order valence-electron chi connectivity index (χ2n) is 5.52. The van der Waals surface area contributed by atoms with Crippen molar-refractivity contribution in [3.8, 4) is 5.75 Å². The first-order chi connectivity index (χ1) is 9.31. The number of hydrogen-bond acceptors (Lipinski definition) is 3. The van der Waals surface area contributed by atoms with Gasteiger partial charge in [0.25, 0.3) is 0 Å². The lowest BCUT2D eigenvalue weighted by Gasteiger charge is -2.42. The first-order valence-corrected chi connectivity index (χ1v) is 7.21. The number of nitrogens with two attached hydrogens (primary N) is 1. The van der Waals surface area contributed by atoms with Crippen molar-refractivity contribution in [2.75, 3.05) is 26.2 Å². The van der Waals surface area contributed by atoms with Crippen molar-refractivity contribution < 1.29 is 4.74 Å². The lowest BCUT2D eigenvalue weighted by atomic mass is 9.88. The van der Waals surface area contributed by atoms with Crippen LogP contribution in [-0.2, 0) is 0 Å². The summed E-state index contributed by atoms with van der Waals surface area (Å²) < 4.78 is 6.28. The molecule has 0 aliphatic carbocycles. The van der Waals surface area contributed by atoms with Gasteiger partial charge in [0, 0.05) is 31.5 Å². The Labute approximate surface area is 115 Å². The molecule has 1 fully saturated rings. The van der Waals surface area contributed by atoms with Crippen molar-refractivity contribution in [1.29, 1.82) is 0 Å². The standard InChI is InChI=1S/C16H22N2O/c17-10-3-11-18-12-8-16(9-13-18)7-6-14-4-1-2-5-15(14)19-16/h1-2,4-7H,3,8-13,17H2. The first kappa shape index (κ1) is 12.7. The van der Waals surface area contributed by atoms with E-state index in [1.807, 2.05) is 6.07 Å². The van der Waals surface area contributed by atoms with E-state index in [0.717, 1.165) is 51.2 Å². The zero-order chi connectivity index (χ0) is 13.1. The summed E-state index contributed by atoms with van der Waals surface area (Å²) in [6.07, 6.45) is 7.71. The van der Waals surface area contributed by atoms with Crippen LogP contribution in [0, 0.1) is 0 Å². The summed E-state index contributed by atoms with van der Waals surface area (Å²) in [5.41, 5.74) is 6.69. The summed E-state index contributed by atoms with van der Waals surface area (Å²) >= 11 is 0. The Kier molecular flexibility index (Phi) is 3.58. The van der Waals surface area contributed by atoms with Crippen LogP contribution >= 0.6 is 0 Å². The van der Waals surface area contributed by atoms with Crippen LogP contribution in [-0.4, -0.2) is 36.7 Å². The van der Waals surface area contributed by atoms with E-state index < -0.39 is 0 Å². The molecule has 0 amide bonds. The summed E-state index contributed by atoms with van der Waals surface area (Å²) in [6.45, 7) is 4.11. The number of para-hydroxylation sites is 1. The van der Waals surface area contributed by atoms with Crippen molar-refractivity contribution >= 4 is 6.08 Å². The highest BCUT2D eigenvalue weighted by atomic mass is 16.5. The summed E-state index contributed by atoms with van der Waals surface area (Å²) in [6, 6.07) is 8.28. The summed E-state index contributed by atoms with van der Waals surface area (Å²) in [7, 11) is 0. The van der Waals surface area contributed by atoms with Crippen LogP contribution in [0.15, 0.2) is 30.3 Å². The minimum atomic E-state index is -0.0758. The third-order valence-electron chi connectivity index (χ3n) is 4.18. The van der Waals surface area contributed by atoms with Gasteiger partial charge in [0.1, 0.15) is 11.4 Å². The lowest BCUT2D eigenvalue weighted by molar-refractivity contribution is 0.0386. The molecular formula is C16H22N2O. The van der Waals surface area contributed by atoms with Gasteiger partial charge in [-0.1, -0.05) is 24.3 Å². The monoisotopic (exact) mass is 258 g/mol. The predicted octanol–water partition coefficient (Wildman–Crippen LogP) is 2.28. The average molecular weight is 258 g/mol. The van der Waals surface area contributed by atoms with E-state index in [9.17, 15) is 0 Å². The van der Waals surface area contributed by atoms with E-state index in [-0.39, 0.29) is 5.60 Å². The molecule has 3 heteroatoms. The Hall–Kier alpha value is -1.32. The zero-order valence-electron chi connectivity index (χ0n) is 11.3. The predicted molar refractivity (Wildman–Crippen MR) is 78.2 cm³/mol. The Balaban J connectivity index is 1.65. The van der Waals surface area contributed by atoms with Crippen molar-refractivity contribution in [2.24, 2.45) is 5.73 Å². The summed E-state index contributed by atoms with van der Waals surface area (Å²) in [5.74, 6) is 1.03. The van der Waals surface area contributed by atoms with Gasteiger partial charge in [-0.25, -0.2) is 0 Å². The molecule has 2 aliphatic rings. The third-order valence-corrected chi connectivity index (χ3v) is 4.18. The SMILES string of the molecule is NCCCN1CCC2(C=Cc3ccccc3O2)CC1. The number of likely N-dealkylation sites (tertiary alicyclic amines) is 1. The van der Waals surface area contributed by atoms with Crippen molar-refractivity contribution in [1.82, 2.24) is 4.90 Å². The number of nitrogens with zero attached hydrogens (tertiary/aromatic N) is 1. The molecule has 19 heavy (non-hydrogen) atoms. The van der Waals surface area contributed by atoms with Crippen LogP contribution in [0.5, 0.6) is 5.75 Å². The maximum atomic E-state index is 6.28. The van der Waals surface area contributed by atoms with Crippen LogP contribution in [0.2, 0.25) is 0 Å². The van der Waals surface area contributed by atoms with Crippen molar-refractivity contribution in [2.45, 2.75) is 24.9 Å². The molecule has 0 unspecified atom stereocenters. The fourth-order valence-electron chi connectivity index (χ4n) is 2.94. The second kappa shape index (κ2) is 5.35. The normalized spacial score (nSPS) is 21.1. The highest BCUT2D eigenvalue weighted by Gasteiger charge is 2.36. The topological polar surface area (TPSA) is 38.5 Å². The van der Waals surface area contributed by atoms with Gasteiger partial charge >= 0.3 is 0 Å². The quantitative estimate of drug-likeness (QED) is 0.904. The number of hydrogen-bond donors (Lipinski definition) is 1. The molecule has 1 aromatic rings. The fourth-order valence-corrected chi connectivity index (χ4v) is 2.94. The average Bonchev–Trinajstić information content (AvgIpc) is 2.47. The molecule has 102 valence electrons. The van der Waals surface area contributed by atoms with Gasteiger partial charge in [-0.3, -0.25) is 0 Å². The largest absolute Gasteiger partial charge is 0.482 e. The minimum Gasteiger partial charge on any atom is -0.482 e. The highest BCUT2D eigenvalue weighted by Crippen LogP contribution is 2.36. The molecule has 3 rings (SSSR count). The maximum Gasteiger partial charge on any atom is 0.130 e. The summed E-state index contributed by atoms with van der Waals surface area (Å²) in [5, 5.41) is 0. The molecule has 0 atom stereocenters. The molecule has 1 spiro atoms. The van der Waals surface area contributed by atoms with Crippen molar-refractivity contribution in [3.05, 3.63) is 35.9 Å². The van der Waals surface area contributed by atoms with Crippen LogP contribution < -0.4 is 10.5 Å². The maximum absolute atomic E-state index is 6.28. The Bertz CT molecular complexity index is 462. The molecule has 0 bridgehead atoms. The van der Waals surface area contributed by atoms with Gasteiger partial charge in [-0.05, 0) is 31.7 Å². The van der Waals surface area contributed by atoms with Crippen LogP contribution in [0.1, 0.15) is 24.8 Å². The third kappa shape index (κ3) is 2.67. The molecule has 0 saturated carbocycles. The van der Waals surface area contributed by atoms with E-state index in [1.54, 1.807) is 0 Å². The number of ether oxygens (including phenoxy) is 1. The van der Waals surface area contributed by atoms with Crippen molar-refractivity contribution in [3.63, 3.8) is 0 Å². The highest BCUT2D eigenvalue weighted by molar-refractivity contribution is 5.60. The Morgan fingerprint density at radius 2 is 2.00 bits per heavy atom. The Morgan fingerprint density at radius 1 is 1.21 bits per heavy atom. The van der Waals surface area contributed by atoms with Crippen LogP contribution in [0.25, 0.3) is 6.08 Å². The van der Waals surface area contributed by atoms with E-state index in [1.165, 1.54) is 5.56 Å². The van der Waals surface area contributed by atoms with Crippen LogP contribution in [0.4, 0.5) is 0 Å². The fraction of sp³-hybridized carbons (Fsp3) is 0.500. The van der Waals surface area contributed by atoms with E-state index in [2.05, 4.69) is 35.3 Å². The number of piperidine rings is 1. The molecule has 2 N–H and O–H groups in total. The van der Waals surface area contributed by atoms with E-state index >= 15 is 0 Å². The van der Waals surface area contributed by atoms with Gasteiger partial charge in [0.2, 0.25) is 0 Å². The summed E-state index contributed by atoms with van der Waals surface area (Å²) in [4.78, 5) is 2.50. The molecule has 1 aromatic carbocycles. The van der Waals surface area contributed by atoms with Gasteiger partial charge in [0.05, 0.1) is 0 Å². The Morgan fingerprint density at radius 3 is 2.79 bits per heavy atom. The second-order valence-corrected chi connectivity index (χ2v) is 5.52. The molecule has 2 heterocycles.